The molecule has 2 bridgehead atoms. The molecular formula is C39H45F3N4O2. The molecule has 2 aliphatic carbocycles. The van der Waals surface area contributed by atoms with Gasteiger partial charge in [-0.2, -0.15) is 9.97 Å². The zero-order valence-corrected chi connectivity index (χ0v) is 27.7. The van der Waals surface area contributed by atoms with E-state index in [-0.39, 0.29) is 34.9 Å². The minimum Gasteiger partial charge on any atom is -0.508 e. The number of phenols is 1. The van der Waals surface area contributed by atoms with Crippen LogP contribution in [0.2, 0.25) is 0 Å². The van der Waals surface area contributed by atoms with Crippen molar-refractivity contribution in [3.05, 3.63) is 53.6 Å². The zero-order valence-electron chi connectivity index (χ0n) is 27.7. The molecule has 2 saturated heterocycles. The lowest BCUT2D eigenvalue weighted by molar-refractivity contribution is 0.0637. The Hall–Kier alpha value is -3.59. The van der Waals surface area contributed by atoms with Gasteiger partial charge < -0.3 is 20.1 Å². The number of nitrogens with one attached hydrogen (secondary N) is 1. The molecule has 4 fully saturated rings. The number of hydrogen-bond donors (Lipinski definition) is 2. The number of halogens is 3. The summed E-state index contributed by atoms with van der Waals surface area (Å²) in [4.78, 5) is 11.7. The predicted molar refractivity (Wildman–Crippen MR) is 183 cm³/mol. The summed E-state index contributed by atoms with van der Waals surface area (Å²) in [5, 5.41) is 16.1. The Morgan fingerprint density at radius 1 is 1.02 bits per heavy atom. The van der Waals surface area contributed by atoms with Crippen molar-refractivity contribution in [1.82, 2.24) is 15.3 Å². The summed E-state index contributed by atoms with van der Waals surface area (Å²) in [5.41, 5.74) is 1.05. The molecule has 3 heterocycles. The number of ether oxygens (including phenoxy) is 1. The summed E-state index contributed by atoms with van der Waals surface area (Å²) in [6.45, 7) is 3.54. The molecule has 2 saturated carbocycles. The minimum atomic E-state index is -0.781. The molecule has 9 heteroatoms. The number of fused-ring (bicyclic) bond motifs is 4. The molecule has 1 aromatic heterocycles. The van der Waals surface area contributed by atoms with Gasteiger partial charge in [0.1, 0.15) is 22.9 Å². The van der Waals surface area contributed by atoms with Crippen LogP contribution in [-0.2, 0) is 6.42 Å². The van der Waals surface area contributed by atoms with Crippen LogP contribution < -0.4 is 15.0 Å². The second kappa shape index (κ2) is 12.7. The first-order valence-electron chi connectivity index (χ1n) is 18.0. The van der Waals surface area contributed by atoms with Crippen molar-refractivity contribution in [3.63, 3.8) is 0 Å². The third kappa shape index (κ3) is 5.56. The number of aryl methyl sites for hydroxylation is 1. The number of alkyl halides is 1. The Balaban J connectivity index is 1.25. The second-order valence-electron chi connectivity index (χ2n) is 14.7. The van der Waals surface area contributed by atoms with Gasteiger partial charge in [0.25, 0.3) is 0 Å². The first-order valence-corrected chi connectivity index (χ1v) is 18.0. The number of rotatable bonds is 11. The minimum absolute atomic E-state index is 0.00746. The van der Waals surface area contributed by atoms with Gasteiger partial charge in [0, 0.05) is 36.0 Å². The SMILES string of the molecule is CCc1cccc2cc(O)cc(-c3c(F)cc4c(N5CC6CCC(C5)N6)nc(OCC5(C6CC6)CCCC5CCCCF)nc4c3F)c12. The maximum absolute atomic E-state index is 17.1. The van der Waals surface area contributed by atoms with Crippen LogP contribution in [0, 0.1) is 28.9 Å². The Labute approximate surface area is 280 Å². The molecule has 3 aromatic carbocycles. The van der Waals surface area contributed by atoms with E-state index in [0.29, 0.717) is 78.6 Å². The van der Waals surface area contributed by atoms with E-state index in [4.69, 9.17) is 14.7 Å². The van der Waals surface area contributed by atoms with Crippen molar-refractivity contribution < 1.29 is 23.0 Å². The topological polar surface area (TPSA) is 70.5 Å². The molecule has 2 N–H and O–H groups in total. The van der Waals surface area contributed by atoms with Crippen molar-refractivity contribution in [3.8, 4) is 22.9 Å². The van der Waals surface area contributed by atoms with E-state index in [1.54, 1.807) is 6.07 Å². The van der Waals surface area contributed by atoms with E-state index in [0.717, 1.165) is 55.9 Å². The Kier molecular flexibility index (Phi) is 8.38. The highest BCUT2D eigenvalue weighted by Crippen LogP contribution is 2.59. The summed E-state index contributed by atoms with van der Waals surface area (Å²) >= 11 is 0. The van der Waals surface area contributed by atoms with Gasteiger partial charge in [0.05, 0.1) is 18.8 Å². The van der Waals surface area contributed by atoms with Crippen LogP contribution in [-0.4, -0.2) is 53.5 Å². The highest BCUT2D eigenvalue weighted by Gasteiger charge is 2.53. The van der Waals surface area contributed by atoms with E-state index in [2.05, 4.69) is 10.2 Å². The molecule has 8 rings (SSSR count). The van der Waals surface area contributed by atoms with Gasteiger partial charge >= 0.3 is 6.01 Å². The highest BCUT2D eigenvalue weighted by atomic mass is 19.1. The quantitative estimate of drug-likeness (QED) is 0.157. The van der Waals surface area contributed by atoms with Crippen LogP contribution in [0.15, 0.2) is 36.4 Å². The van der Waals surface area contributed by atoms with Crippen LogP contribution in [0.4, 0.5) is 19.0 Å². The van der Waals surface area contributed by atoms with Crippen molar-refractivity contribution in [2.45, 2.75) is 89.6 Å². The van der Waals surface area contributed by atoms with Gasteiger partial charge in [-0.05, 0) is 110 Å². The average Bonchev–Trinajstić information content (AvgIpc) is 3.78. The van der Waals surface area contributed by atoms with E-state index in [1.165, 1.54) is 25.0 Å². The summed E-state index contributed by atoms with van der Waals surface area (Å²) < 4.78 is 53.0. The lowest BCUT2D eigenvalue weighted by Gasteiger charge is -2.36. The van der Waals surface area contributed by atoms with E-state index in [9.17, 15) is 9.50 Å². The fraction of sp³-hybridized carbons (Fsp3) is 0.538. The Morgan fingerprint density at radius 3 is 2.58 bits per heavy atom. The van der Waals surface area contributed by atoms with Crippen molar-refractivity contribution in [2.24, 2.45) is 17.3 Å². The first kappa shape index (κ1) is 31.7. The Bertz CT molecular complexity index is 1840. The van der Waals surface area contributed by atoms with Crippen LogP contribution in [0.1, 0.15) is 76.7 Å². The highest BCUT2D eigenvalue weighted by molar-refractivity contribution is 6.03. The van der Waals surface area contributed by atoms with Gasteiger partial charge in [-0.15, -0.1) is 0 Å². The average molecular weight is 659 g/mol. The maximum Gasteiger partial charge on any atom is 0.319 e. The Morgan fingerprint density at radius 2 is 1.83 bits per heavy atom. The fourth-order valence-corrected chi connectivity index (χ4v) is 9.45. The van der Waals surface area contributed by atoms with Gasteiger partial charge in [-0.1, -0.05) is 38.0 Å². The molecule has 4 atom stereocenters. The number of aromatic nitrogens is 2. The molecule has 4 aromatic rings. The number of nitrogens with zero attached hydrogens (tertiary/aromatic N) is 3. The molecule has 2 aliphatic heterocycles. The van der Waals surface area contributed by atoms with Gasteiger partial charge in [0.2, 0.25) is 0 Å². The monoisotopic (exact) mass is 658 g/mol. The van der Waals surface area contributed by atoms with Crippen molar-refractivity contribution in [1.29, 1.82) is 0 Å². The molecule has 0 radical (unpaired) electrons. The van der Waals surface area contributed by atoms with Crippen LogP contribution in [0.3, 0.4) is 0 Å². The standard InChI is InChI=1S/C39H45F3N4O2/c1-2-23-7-5-8-24-17-29(47)18-30(33(23)24)34-32(41)19-31-36(35(34)42)44-38(45-37(31)46-20-27-13-14-28(21-46)43-27)48-22-39(26-11-12-26)15-6-10-25(39)9-3-4-16-40/h5,7-8,17-19,25-28,43,47H,2-4,6,9-16,20-22H2,1H3. The van der Waals surface area contributed by atoms with Crippen LogP contribution in [0.25, 0.3) is 32.8 Å². The smallest absolute Gasteiger partial charge is 0.319 e. The molecule has 4 aliphatic rings. The molecular weight excluding hydrogens is 613 g/mol. The number of hydrogen-bond acceptors (Lipinski definition) is 6. The van der Waals surface area contributed by atoms with Crippen LogP contribution in [0.5, 0.6) is 11.8 Å². The number of aromatic hydroxyl groups is 1. The number of unbranched alkanes of at least 4 members (excludes halogenated alkanes) is 1. The number of anilines is 1. The van der Waals surface area contributed by atoms with Crippen molar-refractivity contribution in [2.75, 3.05) is 31.3 Å². The third-order valence-electron chi connectivity index (χ3n) is 11.9. The normalized spacial score (nSPS) is 25.4. The number of piperazine rings is 1. The summed E-state index contributed by atoms with van der Waals surface area (Å²) in [6.07, 6.45) is 10.9. The summed E-state index contributed by atoms with van der Waals surface area (Å²) in [7, 11) is 0. The summed E-state index contributed by atoms with van der Waals surface area (Å²) in [6, 6.07) is 10.8. The van der Waals surface area contributed by atoms with Crippen LogP contribution >= 0.6 is 0 Å². The number of benzene rings is 3. The van der Waals surface area contributed by atoms with Gasteiger partial charge in [0.15, 0.2) is 5.82 Å². The van der Waals surface area contributed by atoms with E-state index >= 15 is 8.78 Å². The lowest BCUT2D eigenvalue weighted by atomic mass is 9.72. The zero-order chi connectivity index (χ0) is 33.0. The first-order chi connectivity index (χ1) is 23.4. The lowest BCUT2D eigenvalue weighted by Crippen LogP contribution is -2.51. The van der Waals surface area contributed by atoms with Crippen molar-refractivity contribution >= 4 is 27.5 Å². The van der Waals surface area contributed by atoms with E-state index in [1.807, 2.05) is 25.1 Å². The maximum atomic E-state index is 17.1. The fourth-order valence-electron chi connectivity index (χ4n) is 9.45. The molecule has 0 amide bonds. The molecule has 254 valence electrons. The predicted octanol–water partition coefficient (Wildman–Crippen LogP) is 8.65. The molecule has 48 heavy (non-hydrogen) atoms. The molecule has 6 nitrogen and oxygen atoms in total. The van der Waals surface area contributed by atoms with Gasteiger partial charge in [-0.25, -0.2) is 8.78 Å². The number of phenolic OH excluding ortho intramolecular Hbond substituents is 1. The van der Waals surface area contributed by atoms with Gasteiger partial charge in [-0.3, -0.25) is 4.39 Å². The largest absolute Gasteiger partial charge is 0.508 e. The molecule has 0 spiro atoms. The van der Waals surface area contributed by atoms with E-state index < -0.39 is 11.6 Å². The molecule has 4 unspecified atom stereocenters. The summed E-state index contributed by atoms with van der Waals surface area (Å²) in [5.74, 6) is -0.0242. The third-order valence-corrected chi connectivity index (χ3v) is 11.9. The second-order valence-corrected chi connectivity index (χ2v) is 14.7.